The minimum Gasteiger partial charge on any atom is -0.375 e. The van der Waals surface area contributed by atoms with Crippen molar-refractivity contribution in [2.24, 2.45) is 11.8 Å². The molecule has 3 N–H and O–H groups in total. The van der Waals surface area contributed by atoms with Gasteiger partial charge in [0.1, 0.15) is 0 Å². The third-order valence-corrected chi connectivity index (χ3v) is 6.42. The zero-order valence-corrected chi connectivity index (χ0v) is 14.1. The monoisotopic (exact) mass is 358 g/mol. The lowest BCUT2D eigenvalue weighted by Crippen LogP contribution is -2.45. The number of nitrogens with one attached hydrogen (secondary N) is 1. The Bertz CT molecular complexity index is 439. The van der Waals surface area contributed by atoms with E-state index in [4.69, 9.17) is 10.6 Å². The topological polar surface area (TPSA) is 47.3 Å². The van der Waals surface area contributed by atoms with Gasteiger partial charge in [-0.15, -0.1) is 11.3 Å². The van der Waals surface area contributed by atoms with Gasteiger partial charge < -0.3 is 4.74 Å². The Morgan fingerprint density at radius 1 is 1.40 bits per heavy atom. The molecule has 1 spiro atoms. The third-order valence-electron chi connectivity index (χ3n) is 4.89. The summed E-state index contributed by atoms with van der Waals surface area (Å²) in [6.45, 7) is 0.883. The van der Waals surface area contributed by atoms with E-state index in [1.807, 2.05) is 0 Å². The molecule has 1 aromatic heterocycles. The zero-order valence-electron chi connectivity index (χ0n) is 11.7. The van der Waals surface area contributed by atoms with Crippen molar-refractivity contribution in [2.45, 2.75) is 56.6 Å². The van der Waals surface area contributed by atoms with Crippen LogP contribution >= 0.6 is 27.3 Å². The van der Waals surface area contributed by atoms with Crippen LogP contribution in [0.25, 0.3) is 0 Å². The maximum absolute atomic E-state index is 6.20. The second-order valence-electron chi connectivity index (χ2n) is 6.17. The highest BCUT2D eigenvalue weighted by Gasteiger charge is 2.41. The van der Waals surface area contributed by atoms with Gasteiger partial charge in [0.05, 0.1) is 9.39 Å². The highest BCUT2D eigenvalue weighted by Crippen LogP contribution is 2.44. The van der Waals surface area contributed by atoms with Gasteiger partial charge in [-0.3, -0.25) is 11.3 Å². The summed E-state index contributed by atoms with van der Waals surface area (Å²) in [5, 5.41) is 2.21. The highest BCUT2D eigenvalue weighted by molar-refractivity contribution is 9.11. The first-order valence-electron chi connectivity index (χ1n) is 7.56. The van der Waals surface area contributed by atoms with Gasteiger partial charge in [0.25, 0.3) is 0 Å². The van der Waals surface area contributed by atoms with E-state index in [9.17, 15) is 0 Å². The van der Waals surface area contributed by atoms with E-state index in [2.05, 4.69) is 32.8 Å². The molecule has 2 unspecified atom stereocenters. The Morgan fingerprint density at radius 3 is 2.85 bits per heavy atom. The number of ether oxygens (including phenoxy) is 1. The van der Waals surface area contributed by atoms with Crippen molar-refractivity contribution >= 4 is 27.3 Å². The molecular weight excluding hydrogens is 336 g/mol. The summed E-state index contributed by atoms with van der Waals surface area (Å²) < 4.78 is 7.37. The molecule has 1 aromatic rings. The first-order valence-corrected chi connectivity index (χ1v) is 9.24. The standard InChI is InChI=1S/C15H23BrN2OS/c16-13-8-12(10-20-13)14(18-17)11-4-7-19-15(9-11)5-2-1-3-6-15/h8,10-11,14,18H,1-7,9,17H2. The van der Waals surface area contributed by atoms with Gasteiger partial charge in [-0.05, 0) is 64.5 Å². The number of nitrogens with two attached hydrogens (primary N) is 1. The van der Waals surface area contributed by atoms with Crippen LogP contribution < -0.4 is 11.3 Å². The average molecular weight is 359 g/mol. The van der Waals surface area contributed by atoms with Crippen LogP contribution in [-0.4, -0.2) is 12.2 Å². The Balaban J connectivity index is 1.74. The molecule has 1 saturated carbocycles. The Hall–Kier alpha value is 0.0600. The van der Waals surface area contributed by atoms with E-state index in [1.54, 1.807) is 11.3 Å². The number of hydrazine groups is 1. The summed E-state index contributed by atoms with van der Waals surface area (Å²) in [5.41, 5.74) is 4.50. The maximum atomic E-state index is 6.20. The Kier molecular flexibility index (Phi) is 4.82. The van der Waals surface area contributed by atoms with Crippen molar-refractivity contribution in [2.75, 3.05) is 6.61 Å². The first-order chi connectivity index (χ1) is 9.72. The lowest BCUT2D eigenvalue weighted by Gasteiger charge is -2.45. The Morgan fingerprint density at radius 2 is 2.20 bits per heavy atom. The molecule has 112 valence electrons. The molecule has 0 aromatic carbocycles. The molecule has 2 atom stereocenters. The van der Waals surface area contributed by atoms with Crippen LogP contribution in [0.4, 0.5) is 0 Å². The summed E-state index contributed by atoms with van der Waals surface area (Å²) in [4.78, 5) is 0. The molecule has 0 amide bonds. The van der Waals surface area contributed by atoms with Crippen LogP contribution in [0.15, 0.2) is 15.2 Å². The van der Waals surface area contributed by atoms with E-state index in [1.165, 1.54) is 41.5 Å². The third kappa shape index (κ3) is 3.12. The molecule has 5 heteroatoms. The molecule has 1 aliphatic carbocycles. The number of hydrogen-bond acceptors (Lipinski definition) is 4. The molecule has 2 aliphatic rings. The van der Waals surface area contributed by atoms with Gasteiger partial charge in [-0.25, -0.2) is 0 Å². The lowest BCUT2D eigenvalue weighted by molar-refractivity contribution is -0.122. The van der Waals surface area contributed by atoms with Gasteiger partial charge in [0, 0.05) is 12.6 Å². The predicted molar refractivity (Wildman–Crippen MR) is 86.6 cm³/mol. The average Bonchev–Trinajstić information content (AvgIpc) is 2.87. The molecular formula is C15H23BrN2OS. The fourth-order valence-electron chi connectivity index (χ4n) is 3.89. The molecule has 3 rings (SSSR count). The number of hydrogen-bond donors (Lipinski definition) is 2. The predicted octanol–water partition coefficient (Wildman–Crippen LogP) is 4.14. The quantitative estimate of drug-likeness (QED) is 0.630. The van der Waals surface area contributed by atoms with Gasteiger partial charge in [-0.2, -0.15) is 0 Å². The minimum absolute atomic E-state index is 0.142. The fourth-order valence-corrected chi connectivity index (χ4v) is 5.10. The van der Waals surface area contributed by atoms with E-state index < -0.39 is 0 Å². The van der Waals surface area contributed by atoms with Crippen LogP contribution in [-0.2, 0) is 4.74 Å². The molecule has 2 fully saturated rings. The number of thiophene rings is 1. The number of halogens is 1. The molecule has 1 aliphatic heterocycles. The Labute approximate surface area is 133 Å². The number of rotatable bonds is 3. The fraction of sp³-hybridized carbons (Fsp3) is 0.733. The normalized spacial score (nSPS) is 27.6. The molecule has 0 bridgehead atoms. The minimum atomic E-state index is 0.142. The molecule has 1 saturated heterocycles. The van der Waals surface area contributed by atoms with Crippen LogP contribution in [0.5, 0.6) is 0 Å². The second-order valence-corrected chi connectivity index (χ2v) is 8.46. The van der Waals surface area contributed by atoms with Gasteiger partial charge in [-0.1, -0.05) is 19.3 Å². The highest BCUT2D eigenvalue weighted by atomic mass is 79.9. The summed E-state index contributed by atoms with van der Waals surface area (Å²) in [6, 6.07) is 2.44. The summed E-state index contributed by atoms with van der Waals surface area (Å²) in [6.07, 6.45) is 8.71. The van der Waals surface area contributed by atoms with Crippen molar-refractivity contribution in [3.63, 3.8) is 0 Å². The molecule has 20 heavy (non-hydrogen) atoms. The maximum Gasteiger partial charge on any atom is 0.0701 e. The van der Waals surface area contributed by atoms with Crippen molar-refractivity contribution < 1.29 is 4.74 Å². The van der Waals surface area contributed by atoms with Gasteiger partial charge in [0.2, 0.25) is 0 Å². The summed E-state index contributed by atoms with van der Waals surface area (Å²) in [5.74, 6) is 6.44. The summed E-state index contributed by atoms with van der Waals surface area (Å²) in [7, 11) is 0. The molecule has 3 nitrogen and oxygen atoms in total. The van der Waals surface area contributed by atoms with Crippen LogP contribution in [0.2, 0.25) is 0 Å². The first kappa shape index (κ1) is 15.0. The molecule has 2 heterocycles. The smallest absolute Gasteiger partial charge is 0.0701 e. The van der Waals surface area contributed by atoms with Crippen LogP contribution in [0.1, 0.15) is 56.6 Å². The van der Waals surface area contributed by atoms with Crippen molar-refractivity contribution in [3.05, 3.63) is 20.8 Å². The van der Waals surface area contributed by atoms with Crippen molar-refractivity contribution in [3.8, 4) is 0 Å². The van der Waals surface area contributed by atoms with Crippen molar-refractivity contribution in [1.82, 2.24) is 5.43 Å². The molecule has 0 radical (unpaired) electrons. The van der Waals surface area contributed by atoms with Gasteiger partial charge in [0.15, 0.2) is 0 Å². The van der Waals surface area contributed by atoms with E-state index in [0.29, 0.717) is 5.92 Å². The van der Waals surface area contributed by atoms with Crippen LogP contribution in [0, 0.1) is 5.92 Å². The lowest BCUT2D eigenvalue weighted by atomic mass is 9.73. The summed E-state index contributed by atoms with van der Waals surface area (Å²) >= 11 is 5.28. The van der Waals surface area contributed by atoms with Crippen LogP contribution in [0.3, 0.4) is 0 Å². The SMILES string of the molecule is NNC(c1csc(Br)c1)C1CCOC2(CCCCC2)C1. The zero-order chi connectivity index (χ0) is 14.0. The van der Waals surface area contributed by atoms with Gasteiger partial charge >= 0.3 is 0 Å². The van der Waals surface area contributed by atoms with E-state index >= 15 is 0 Å². The van der Waals surface area contributed by atoms with Crippen molar-refractivity contribution in [1.29, 1.82) is 0 Å². The van der Waals surface area contributed by atoms with E-state index in [-0.39, 0.29) is 11.6 Å². The largest absolute Gasteiger partial charge is 0.375 e. The van der Waals surface area contributed by atoms with E-state index in [0.717, 1.165) is 19.4 Å². The second kappa shape index (κ2) is 6.44.